The highest BCUT2D eigenvalue weighted by molar-refractivity contribution is 6.20. The zero-order valence-electron chi connectivity index (χ0n) is 34.8. The van der Waals surface area contributed by atoms with Crippen LogP contribution in [0.5, 0.6) is 0 Å². The highest BCUT2D eigenvalue weighted by Gasteiger charge is 2.46. The second-order valence-corrected chi connectivity index (χ2v) is 16.8. The van der Waals surface area contributed by atoms with Gasteiger partial charge in [0.25, 0.3) is 0 Å². The van der Waals surface area contributed by atoms with Crippen molar-refractivity contribution in [2.45, 2.75) is 5.41 Å². The molecule has 1 aliphatic rings. The van der Waals surface area contributed by atoms with Gasteiger partial charge in [-0.15, -0.1) is 0 Å². The molecule has 0 spiro atoms. The highest BCUT2D eigenvalue weighted by atomic mass is 16.4. The Morgan fingerprint density at radius 2 is 0.797 bits per heavy atom. The summed E-state index contributed by atoms with van der Waals surface area (Å²) in [5.41, 5.74) is 18.0. The molecule has 0 saturated carbocycles. The molecular weight excluding hydrogens is 779 g/mol. The maximum atomic E-state index is 6.80. The summed E-state index contributed by atoms with van der Waals surface area (Å²) < 4.78 is 13.2. The fourth-order valence-corrected chi connectivity index (χ4v) is 10.5. The Morgan fingerprint density at radius 3 is 1.52 bits per heavy atom. The summed E-state index contributed by atoms with van der Waals surface area (Å²) in [6.07, 6.45) is 0. The predicted octanol–water partition coefficient (Wildman–Crippen LogP) is 16.7. The average molecular weight is 818 g/mol. The van der Waals surface area contributed by atoms with Crippen LogP contribution in [-0.2, 0) is 5.41 Å². The van der Waals surface area contributed by atoms with Gasteiger partial charge in [0.05, 0.1) is 5.41 Å². The molecule has 0 fully saturated rings. The molecule has 2 heterocycles. The van der Waals surface area contributed by atoms with Gasteiger partial charge in [0.1, 0.15) is 11.2 Å². The van der Waals surface area contributed by atoms with Gasteiger partial charge in [-0.25, -0.2) is 0 Å². The lowest BCUT2D eigenvalue weighted by Crippen LogP contribution is -2.28. The van der Waals surface area contributed by atoms with E-state index in [1.54, 1.807) is 0 Å². The van der Waals surface area contributed by atoms with Crippen molar-refractivity contribution in [2.24, 2.45) is 0 Å². The molecule has 10 aromatic carbocycles. The van der Waals surface area contributed by atoms with Crippen molar-refractivity contribution in [3.63, 3.8) is 0 Å². The van der Waals surface area contributed by atoms with Crippen LogP contribution in [0.1, 0.15) is 22.3 Å². The standard InChI is InChI=1S/C61H39NO2/c1-4-15-40(16-5-1)41-27-31-45(32-28-41)62(47-35-36-50-49-21-10-12-25-55(49)61(56(50)39-47,43-17-6-2-7-18-43)44-19-8-3-9-20-44)46-33-29-42(30-34-46)48-23-14-24-52-54-38-37-53-51-22-11-13-26-57(51)63-59(53)60(54)64-58(48)52/h1-39H. The first-order valence-electron chi connectivity index (χ1n) is 21.9. The minimum absolute atomic E-state index is 0.517. The molecule has 0 atom stereocenters. The minimum Gasteiger partial charge on any atom is -0.452 e. The largest absolute Gasteiger partial charge is 0.452 e. The van der Waals surface area contributed by atoms with Crippen LogP contribution in [0.3, 0.4) is 0 Å². The number of rotatable bonds is 7. The van der Waals surface area contributed by atoms with Gasteiger partial charge in [0.15, 0.2) is 11.2 Å². The van der Waals surface area contributed by atoms with Crippen LogP contribution >= 0.6 is 0 Å². The lowest BCUT2D eigenvalue weighted by Gasteiger charge is -2.35. The second-order valence-electron chi connectivity index (χ2n) is 16.8. The molecule has 3 nitrogen and oxygen atoms in total. The molecule has 0 radical (unpaired) electrons. The first kappa shape index (κ1) is 36.3. The van der Waals surface area contributed by atoms with Gasteiger partial charge in [0, 0.05) is 44.2 Å². The molecule has 0 amide bonds. The van der Waals surface area contributed by atoms with Gasteiger partial charge in [-0.05, 0) is 105 Å². The number of nitrogens with zero attached hydrogens (tertiary/aromatic N) is 1. The van der Waals surface area contributed by atoms with Crippen LogP contribution in [0.2, 0.25) is 0 Å². The fourth-order valence-electron chi connectivity index (χ4n) is 10.5. The minimum atomic E-state index is -0.517. The Kier molecular flexibility index (Phi) is 8.13. The van der Waals surface area contributed by atoms with Gasteiger partial charge in [-0.3, -0.25) is 0 Å². The van der Waals surface area contributed by atoms with Gasteiger partial charge < -0.3 is 13.7 Å². The van der Waals surface area contributed by atoms with E-state index in [-0.39, 0.29) is 0 Å². The van der Waals surface area contributed by atoms with Gasteiger partial charge in [0.2, 0.25) is 0 Å². The molecule has 0 N–H and O–H groups in total. The van der Waals surface area contributed by atoms with Gasteiger partial charge in [-0.1, -0.05) is 182 Å². The van der Waals surface area contributed by atoms with Crippen LogP contribution in [-0.4, -0.2) is 0 Å². The third kappa shape index (κ3) is 5.41. The number of benzene rings is 10. The molecular formula is C61H39NO2. The Morgan fingerprint density at radius 1 is 0.297 bits per heavy atom. The van der Waals surface area contributed by atoms with E-state index in [0.29, 0.717) is 0 Å². The smallest absolute Gasteiger partial charge is 0.178 e. The van der Waals surface area contributed by atoms with Crippen LogP contribution < -0.4 is 4.90 Å². The SMILES string of the molecule is c1ccc(-c2ccc(N(c3ccc(-c4cccc5c4oc4c5ccc5c6ccccc6oc54)cc3)c3ccc4c(c3)C(c3ccccc3)(c3ccccc3)c3ccccc3-4)cc2)cc1. The van der Waals surface area contributed by atoms with Crippen molar-refractivity contribution in [3.8, 4) is 33.4 Å². The Balaban J connectivity index is 0.980. The number of fused-ring (bicyclic) bond motifs is 10. The summed E-state index contributed by atoms with van der Waals surface area (Å²) >= 11 is 0. The number of furan rings is 2. The summed E-state index contributed by atoms with van der Waals surface area (Å²) in [6.45, 7) is 0. The second kappa shape index (κ2) is 14.3. The van der Waals surface area contributed by atoms with Gasteiger partial charge in [-0.2, -0.15) is 0 Å². The molecule has 2 aromatic heterocycles. The van der Waals surface area contributed by atoms with E-state index in [4.69, 9.17) is 8.83 Å². The fraction of sp³-hybridized carbons (Fsp3) is 0.0164. The third-order valence-corrected chi connectivity index (χ3v) is 13.4. The summed E-state index contributed by atoms with van der Waals surface area (Å²) in [4.78, 5) is 2.39. The number of anilines is 3. The van der Waals surface area contributed by atoms with E-state index in [1.165, 1.54) is 44.5 Å². The topological polar surface area (TPSA) is 29.5 Å². The zero-order chi connectivity index (χ0) is 42.2. The Bertz CT molecular complexity index is 3660. The van der Waals surface area contributed by atoms with Crippen LogP contribution in [0.25, 0.3) is 77.3 Å². The van der Waals surface area contributed by atoms with E-state index >= 15 is 0 Å². The monoisotopic (exact) mass is 817 g/mol. The molecule has 13 rings (SSSR count). The molecule has 0 bridgehead atoms. The molecule has 1 aliphatic carbocycles. The first-order valence-corrected chi connectivity index (χ1v) is 21.9. The number of hydrogen-bond donors (Lipinski definition) is 0. The maximum absolute atomic E-state index is 6.80. The van der Waals surface area contributed by atoms with Crippen molar-refractivity contribution < 1.29 is 8.83 Å². The highest BCUT2D eigenvalue weighted by Crippen LogP contribution is 2.57. The lowest BCUT2D eigenvalue weighted by atomic mass is 9.67. The Hall–Kier alpha value is -8.40. The maximum Gasteiger partial charge on any atom is 0.178 e. The van der Waals surface area contributed by atoms with E-state index in [2.05, 4.69) is 229 Å². The molecule has 3 heteroatoms. The molecule has 64 heavy (non-hydrogen) atoms. The molecule has 0 unspecified atom stereocenters. The van der Waals surface area contributed by atoms with Crippen molar-refractivity contribution in [3.05, 3.63) is 259 Å². The normalized spacial score (nSPS) is 12.8. The summed E-state index contributed by atoms with van der Waals surface area (Å²) in [5.74, 6) is 0. The molecule has 0 saturated heterocycles. The predicted molar refractivity (Wildman–Crippen MR) is 264 cm³/mol. The van der Waals surface area contributed by atoms with Crippen molar-refractivity contribution in [2.75, 3.05) is 4.90 Å². The van der Waals surface area contributed by atoms with Crippen LogP contribution in [0, 0.1) is 0 Å². The summed E-state index contributed by atoms with van der Waals surface area (Å²) in [7, 11) is 0. The van der Waals surface area contributed by atoms with E-state index in [1.807, 2.05) is 12.1 Å². The summed E-state index contributed by atoms with van der Waals surface area (Å²) in [6, 6.07) is 85.4. The van der Waals surface area contributed by atoms with Crippen molar-refractivity contribution >= 4 is 60.9 Å². The lowest BCUT2D eigenvalue weighted by molar-refractivity contribution is 0.634. The van der Waals surface area contributed by atoms with E-state index in [9.17, 15) is 0 Å². The van der Waals surface area contributed by atoms with Crippen LogP contribution in [0.15, 0.2) is 245 Å². The van der Waals surface area contributed by atoms with Gasteiger partial charge >= 0.3 is 0 Å². The Labute approximate surface area is 370 Å². The number of hydrogen-bond acceptors (Lipinski definition) is 3. The molecule has 0 aliphatic heterocycles. The molecule has 12 aromatic rings. The van der Waals surface area contributed by atoms with E-state index < -0.39 is 5.41 Å². The average Bonchev–Trinajstić information content (AvgIpc) is 4.04. The van der Waals surface area contributed by atoms with E-state index in [0.717, 1.165) is 72.1 Å². The quantitative estimate of drug-likeness (QED) is 0.160. The summed E-state index contributed by atoms with van der Waals surface area (Å²) in [5, 5.41) is 4.27. The number of para-hydroxylation sites is 2. The van der Waals surface area contributed by atoms with Crippen molar-refractivity contribution in [1.82, 2.24) is 0 Å². The molecule has 300 valence electrons. The van der Waals surface area contributed by atoms with Crippen molar-refractivity contribution in [1.29, 1.82) is 0 Å². The zero-order valence-corrected chi connectivity index (χ0v) is 34.8. The first-order chi connectivity index (χ1) is 31.7. The van der Waals surface area contributed by atoms with Crippen LogP contribution in [0.4, 0.5) is 17.1 Å². The third-order valence-electron chi connectivity index (χ3n) is 13.4.